The van der Waals surface area contributed by atoms with E-state index in [2.05, 4.69) is 4.98 Å². The van der Waals surface area contributed by atoms with Gasteiger partial charge in [-0.25, -0.2) is 4.98 Å². The van der Waals surface area contributed by atoms with Gasteiger partial charge in [0.1, 0.15) is 16.6 Å². The van der Waals surface area contributed by atoms with Crippen LogP contribution in [0.3, 0.4) is 0 Å². The zero-order valence-corrected chi connectivity index (χ0v) is 12.7. The molecule has 0 aliphatic rings. The predicted octanol–water partition coefficient (Wildman–Crippen LogP) is 5.10. The smallest absolute Gasteiger partial charge is 0.416 e. The highest BCUT2D eigenvalue weighted by atomic mass is 79.9. The van der Waals surface area contributed by atoms with Crippen LogP contribution >= 0.6 is 27.3 Å². The number of thiazole rings is 1. The Morgan fingerprint density at radius 2 is 1.91 bits per heavy atom. The summed E-state index contributed by atoms with van der Waals surface area (Å²) >= 11 is 2.62. The third-order valence-corrected chi connectivity index (χ3v) is 3.98. The van der Waals surface area contributed by atoms with Gasteiger partial charge < -0.3 is 5.11 Å². The van der Waals surface area contributed by atoms with Gasteiger partial charge in [0.15, 0.2) is 5.76 Å². The van der Waals surface area contributed by atoms with Crippen LogP contribution in [-0.2, 0) is 6.18 Å². The fourth-order valence-corrected chi connectivity index (χ4v) is 2.69. The average Bonchev–Trinajstić information content (AvgIpc) is 2.79. The first-order valence-corrected chi connectivity index (χ1v) is 7.03. The van der Waals surface area contributed by atoms with Crippen molar-refractivity contribution < 1.29 is 27.1 Å². The number of halogens is 6. The fourth-order valence-electron chi connectivity index (χ4n) is 1.55. The maximum atomic E-state index is 13.0. The molecule has 1 aromatic carbocycles. The Bertz CT molecular complexity index is 800. The van der Waals surface area contributed by atoms with Gasteiger partial charge in [-0.1, -0.05) is 0 Å². The highest BCUT2D eigenvalue weighted by Gasteiger charge is 2.35. The minimum absolute atomic E-state index is 0.103. The second-order valence-corrected chi connectivity index (χ2v) is 6.06. The summed E-state index contributed by atoms with van der Waals surface area (Å²) in [6.45, 7) is 0. The molecule has 0 unspecified atom stereocenters. The summed E-state index contributed by atoms with van der Waals surface area (Å²) in [4.78, 5) is -0.124. The molecule has 0 fully saturated rings. The summed E-state index contributed by atoms with van der Waals surface area (Å²) in [6, 6.07) is 4.06. The number of rotatable bonds is 2. The molecule has 0 atom stereocenters. The van der Waals surface area contributed by atoms with E-state index in [9.17, 15) is 27.1 Å². The van der Waals surface area contributed by atoms with Crippen molar-refractivity contribution in [1.29, 1.82) is 5.26 Å². The highest BCUT2D eigenvalue weighted by molar-refractivity contribution is 9.10. The fraction of sp³-hybridized carbons (Fsp3) is 0.167. The molecule has 0 spiro atoms. The molecule has 0 radical (unpaired) electrons. The Morgan fingerprint density at radius 1 is 1.27 bits per heavy atom. The first-order valence-electron chi connectivity index (χ1n) is 5.42. The Hall–Kier alpha value is -1.73. The van der Waals surface area contributed by atoms with Gasteiger partial charge in [-0.15, -0.1) is 11.3 Å². The van der Waals surface area contributed by atoms with Gasteiger partial charge in [-0.2, -0.15) is 27.2 Å². The summed E-state index contributed by atoms with van der Waals surface area (Å²) in [5.74, 6) is -1.55. The lowest BCUT2D eigenvalue weighted by atomic mass is 10.2. The van der Waals surface area contributed by atoms with Crippen molar-refractivity contribution in [3.05, 3.63) is 34.5 Å². The Balaban J connectivity index is 2.61. The van der Waals surface area contributed by atoms with Gasteiger partial charge in [-0.05, 0) is 34.1 Å². The molecule has 0 saturated heterocycles. The molecule has 0 aliphatic carbocycles. The van der Waals surface area contributed by atoms with Crippen LogP contribution in [0.1, 0.15) is 10.6 Å². The molecular weight excluding hydrogens is 395 g/mol. The Labute approximate surface area is 132 Å². The van der Waals surface area contributed by atoms with Crippen molar-refractivity contribution >= 4 is 43.1 Å². The zero-order chi connectivity index (χ0) is 16.7. The lowest BCUT2D eigenvalue weighted by molar-refractivity contribution is -0.137. The number of nitrogens with zero attached hydrogens (tertiary/aromatic N) is 2. The van der Waals surface area contributed by atoms with E-state index >= 15 is 0 Å². The summed E-state index contributed by atoms with van der Waals surface area (Å²) in [5, 5.41) is 17.9. The lowest BCUT2D eigenvalue weighted by Crippen LogP contribution is -2.11. The van der Waals surface area contributed by atoms with Gasteiger partial charge in [0.2, 0.25) is 0 Å². The van der Waals surface area contributed by atoms with E-state index in [1.54, 1.807) is 0 Å². The molecule has 116 valence electrons. The summed E-state index contributed by atoms with van der Waals surface area (Å²) in [7, 11) is 0. The van der Waals surface area contributed by atoms with Gasteiger partial charge in [-0.3, -0.25) is 0 Å². The van der Waals surface area contributed by atoms with Crippen LogP contribution in [0, 0.1) is 11.3 Å². The first-order chi connectivity index (χ1) is 10.0. The number of nitriles is 1. The predicted molar refractivity (Wildman–Crippen MR) is 73.7 cm³/mol. The molecule has 10 heteroatoms. The number of benzene rings is 1. The standard InChI is InChI=1S/C12H4BrF5N2OS/c13-11(14,15)9(21)6(4-19)10-20-7-3-5(12(16,17)18)1-2-8(7)22-10/h1-3,21H/b9-6-. The maximum absolute atomic E-state index is 13.0. The second-order valence-electron chi connectivity index (χ2n) is 4.03. The molecular formula is C12H4BrF5N2OS. The van der Waals surface area contributed by atoms with Crippen molar-refractivity contribution in [2.24, 2.45) is 0 Å². The first kappa shape index (κ1) is 16.6. The molecule has 3 nitrogen and oxygen atoms in total. The van der Waals surface area contributed by atoms with Crippen LogP contribution in [0.25, 0.3) is 15.8 Å². The van der Waals surface area contributed by atoms with Crippen molar-refractivity contribution in [2.75, 3.05) is 0 Å². The van der Waals surface area contributed by atoms with Crippen LogP contribution in [0.4, 0.5) is 22.0 Å². The highest BCUT2D eigenvalue weighted by Crippen LogP contribution is 2.38. The summed E-state index contributed by atoms with van der Waals surface area (Å²) in [5.41, 5.74) is -1.86. The molecule has 0 amide bonds. The van der Waals surface area contributed by atoms with Crippen LogP contribution in [0.2, 0.25) is 0 Å². The quantitative estimate of drug-likeness (QED) is 0.331. The van der Waals surface area contributed by atoms with Crippen LogP contribution in [-0.4, -0.2) is 14.9 Å². The van der Waals surface area contributed by atoms with E-state index in [1.165, 1.54) is 6.07 Å². The van der Waals surface area contributed by atoms with Crippen molar-refractivity contribution in [1.82, 2.24) is 4.98 Å². The number of alkyl halides is 6. The normalized spacial score (nSPS) is 13.9. The number of hydrogen-bond acceptors (Lipinski definition) is 4. The number of fused-ring (bicyclic) bond motifs is 1. The SMILES string of the molecule is N#C/C(=C(/O)C(F)(F)Br)c1nc2cc(C(F)(F)F)ccc2s1. The number of aliphatic hydroxyl groups is 1. The molecule has 0 aliphatic heterocycles. The summed E-state index contributed by atoms with van der Waals surface area (Å²) < 4.78 is 64.1. The topological polar surface area (TPSA) is 56.9 Å². The monoisotopic (exact) mass is 398 g/mol. The van der Waals surface area contributed by atoms with E-state index in [4.69, 9.17) is 5.26 Å². The maximum Gasteiger partial charge on any atom is 0.416 e. The van der Waals surface area contributed by atoms with Crippen LogP contribution in [0.5, 0.6) is 0 Å². The average molecular weight is 399 g/mol. The van der Waals surface area contributed by atoms with E-state index in [0.717, 1.165) is 29.5 Å². The molecule has 1 aromatic heterocycles. The molecule has 0 saturated carbocycles. The van der Waals surface area contributed by atoms with Crippen molar-refractivity contribution in [3.63, 3.8) is 0 Å². The van der Waals surface area contributed by atoms with Crippen molar-refractivity contribution in [3.8, 4) is 6.07 Å². The van der Waals surface area contributed by atoms with Crippen molar-refractivity contribution in [2.45, 2.75) is 11.0 Å². The molecule has 22 heavy (non-hydrogen) atoms. The number of aliphatic hydroxyl groups excluding tert-OH is 1. The second kappa shape index (κ2) is 5.48. The third-order valence-electron chi connectivity index (χ3n) is 2.55. The van der Waals surface area contributed by atoms with Gasteiger partial charge in [0.05, 0.1) is 15.8 Å². The van der Waals surface area contributed by atoms with E-state index in [-0.39, 0.29) is 15.2 Å². The number of hydrogen-bond donors (Lipinski definition) is 1. The number of allylic oxidation sites excluding steroid dienone is 2. The van der Waals surface area contributed by atoms with E-state index in [0.29, 0.717) is 0 Å². The number of aromatic nitrogens is 1. The Morgan fingerprint density at radius 3 is 2.41 bits per heavy atom. The summed E-state index contributed by atoms with van der Waals surface area (Å²) in [6.07, 6.45) is -4.57. The molecule has 2 aromatic rings. The minimum Gasteiger partial charge on any atom is -0.505 e. The van der Waals surface area contributed by atoms with Crippen LogP contribution < -0.4 is 0 Å². The van der Waals surface area contributed by atoms with Gasteiger partial charge in [0, 0.05) is 0 Å². The third kappa shape index (κ3) is 3.20. The molecule has 2 rings (SSSR count). The minimum atomic E-state index is -4.57. The largest absolute Gasteiger partial charge is 0.505 e. The molecule has 1 N–H and O–H groups in total. The van der Waals surface area contributed by atoms with Gasteiger partial charge in [0.25, 0.3) is 0 Å². The zero-order valence-electron chi connectivity index (χ0n) is 10.2. The van der Waals surface area contributed by atoms with E-state index < -0.39 is 27.9 Å². The van der Waals surface area contributed by atoms with Gasteiger partial charge >= 0.3 is 11.0 Å². The Kier molecular flexibility index (Phi) is 4.14. The molecule has 0 bridgehead atoms. The molecule has 1 heterocycles. The lowest BCUT2D eigenvalue weighted by Gasteiger charge is -2.07. The van der Waals surface area contributed by atoms with E-state index in [1.807, 2.05) is 15.9 Å². The van der Waals surface area contributed by atoms with Crippen LogP contribution in [0.15, 0.2) is 24.0 Å².